The summed E-state index contributed by atoms with van der Waals surface area (Å²) >= 11 is 12.5. The number of carbonyl (C=O) groups is 2. The first-order valence-electron chi connectivity index (χ1n) is 7.48. The zero-order valence-electron chi connectivity index (χ0n) is 13.4. The molecule has 5 nitrogen and oxygen atoms in total. The molecular weight excluding hydrogens is 337 g/mol. The summed E-state index contributed by atoms with van der Waals surface area (Å²) in [5.41, 5.74) is 5.41. The third kappa shape index (κ3) is 6.67. The molecule has 0 saturated heterocycles. The van der Waals surface area contributed by atoms with Gasteiger partial charge in [-0.1, -0.05) is 43.1 Å². The number of rotatable bonds is 8. The Morgan fingerprint density at radius 1 is 1.13 bits per heavy atom. The van der Waals surface area contributed by atoms with E-state index < -0.39 is 6.03 Å². The van der Waals surface area contributed by atoms with Crippen molar-refractivity contribution >= 4 is 35.1 Å². The molecule has 0 fully saturated rings. The van der Waals surface area contributed by atoms with E-state index in [0.29, 0.717) is 42.4 Å². The zero-order valence-corrected chi connectivity index (χ0v) is 14.9. The highest BCUT2D eigenvalue weighted by Gasteiger charge is 2.26. The van der Waals surface area contributed by atoms with Crippen LogP contribution in [0.5, 0.6) is 0 Å². The maximum Gasteiger partial charge on any atom is 0.312 e. The van der Waals surface area contributed by atoms with Crippen molar-refractivity contribution < 1.29 is 9.59 Å². The highest BCUT2D eigenvalue weighted by molar-refractivity contribution is 6.36. The number of urea groups is 1. The van der Waals surface area contributed by atoms with Crippen LogP contribution in [0.4, 0.5) is 4.79 Å². The first-order valence-corrected chi connectivity index (χ1v) is 8.24. The molecule has 0 bridgehead atoms. The van der Waals surface area contributed by atoms with Crippen LogP contribution in [0, 0.1) is 0 Å². The van der Waals surface area contributed by atoms with Crippen molar-refractivity contribution in [3.05, 3.63) is 33.8 Å². The minimum absolute atomic E-state index is 0.0414. The molecular formula is C16H23Cl2N3O2. The third-order valence-electron chi connectivity index (χ3n) is 3.50. The van der Waals surface area contributed by atoms with Crippen LogP contribution in [-0.4, -0.2) is 25.0 Å². The van der Waals surface area contributed by atoms with Crippen molar-refractivity contribution in [3.63, 3.8) is 0 Å². The van der Waals surface area contributed by atoms with E-state index in [1.807, 2.05) is 13.8 Å². The maximum atomic E-state index is 11.9. The third-order valence-corrected chi connectivity index (χ3v) is 4.13. The number of hydrogen-bond acceptors (Lipinski definition) is 2. The van der Waals surface area contributed by atoms with Crippen molar-refractivity contribution in [1.82, 2.24) is 10.6 Å². The van der Waals surface area contributed by atoms with E-state index >= 15 is 0 Å². The quantitative estimate of drug-likeness (QED) is 0.622. The summed E-state index contributed by atoms with van der Waals surface area (Å²) in [6.07, 6.45) is 1.78. The Labute approximate surface area is 146 Å². The molecule has 1 aromatic rings. The molecule has 1 aromatic carbocycles. The van der Waals surface area contributed by atoms with Crippen molar-refractivity contribution in [2.24, 2.45) is 5.73 Å². The first-order chi connectivity index (χ1) is 10.7. The molecule has 4 N–H and O–H groups in total. The number of primary amides is 1. The average Bonchev–Trinajstić information content (AvgIpc) is 2.44. The predicted octanol–water partition coefficient (Wildman–Crippen LogP) is 3.23. The van der Waals surface area contributed by atoms with Crippen LogP contribution in [0.1, 0.15) is 38.7 Å². The van der Waals surface area contributed by atoms with E-state index in [2.05, 4.69) is 10.6 Å². The van der Waals surface area contributed by atoms with E-state index in [0.717, 1.165) is 5.56 Å². The second-order valence-corrected chi connectivity index (χ2v) is 6.82. The van der Waals surface area contributed by atoms with E-state index in [9.17, 15) is 9.59 Å². The summed E-state index contributed by atoms with van der Waals surface area (Å²) in [5, 5.41) is 6.58. The molecule has 1 rings (SSSR count). The van der Waals surface area contributed by atoms with Gasteiger partial charge in [0.15, 0.2) is 0 Å². The predicted molar refractivity (Wildman–Crippen MR) is 93.9 cm³/mol. The molecule has 0 unspecified atom stereocenters. The van der Waals surface area contributed by atoms with Crippen molar-refractivity contribution in [3.8, 4) is 0 Å². The second-order valence-electron chi connectivity index (χ2n) is 6.01. The number of nitrogens with one attached hydrogen (secondary N) is 2. The summed E-state index contributed by atoms with van der Waals surface area (Å²) in [6.45, 7) is 4.88. The van der Waals surface area contributed by atoms with Crippen LogP contribution in [0.25, 0.3) is 0 Å². The Kier molecular flexibility index (Phi) is 7.65. The highest BCUT2D eigenvalue weighted by Crippen LogP contribution is 2.35. The lowest BCUT2D eigenvalue weighted by molar-refractivity contribution is -0.121. The smallest absolute Gasteiger partial charge is 0.312 e. The Balaban J connectivity index is 2.44. The van der Waals surface area contributed by atoms with Crippen LogP contribution in [0.15, 0.2) is 18.2 Å². The van der Waals surface area contributed by atoms with Gasteiger partial charge in [-0.05, 0) is 30.5 Å². The number of unbranched alkanes of at least 4 members (excludes halogenated alkanes) is 1. The SMILES string of the molecule is CC(C)(CNC(=O)CCCCNC(N)=O)c1c(Cl)cccc1Cl. The molecule has 0 radical (unpaired) electrons. The monoisotopic (exact) mass is 359 g/mol. The Morgan fingerprint density at radius 2 is 1.74 bits per heavy atom. The van der Waals surface area contributed by atoms with Gasteiger partial charge in [-0.15, -0.1) is 0 Å². The number of benzene rings is 1. The molecule has 0 aliphatic heterocycles. The van der Waals surface area contributed by atoms with E-state index in [1.165, 1.54) is 0 Å². The lowest BCUT2D eigenvalue weighted by Crippen LogP contribution is -2.37. The Morgan fingerprint density at radius 3 is 2.30 bits per heavy atom. The van der Waals surface area contributed by atoms with Crippen molar-refractivity contribution in [2.45, 2.75) is 38.5 Å². The van der Waals surface area contributed by atoms with Gasteiger partial charge in [-0.3, -0.25) is 4.79 Å². The molecule has 0 aromatic heterocycles. The van der Waals surface area contributed by atoms with Gasteiger partial charge in [0.05, 0.1) is 0 Å². The van der Waals surface area contributed by atoms with Gasteiger partial charge in [-0.2, -0.15) is 0 Å². The largest absolute Gasteiger partial charge is 0.355 e. The van der Waals surface area contributed by atoms with Gasteiger partial charge in [0, 0.05) is 35.0 Å². The lowest BCUT2D eigenvalue weighted by Gasteiger charge is -2.27. The maximum absolute atomic E-state index is 11.9. The molecule has 128 valence electrons. The number of hydrogen-bond donors (Lipinski definition) is 3. The van der Waals surface area contributed by atoms with Crippen molar-refractivity contribution in [1.29, 1.82) is 0 Å². The summed E-state index contributed by atoms with van der Waals surface area (Å²) in [4.78, 5) is 22.4. The number of amides is 3. The molecule has 23 heavy (non-hydrogen) atoms. The van der Waals surface area contributed by atoms with Gasteiger partial charge in [-0.25, -0.2) is 4.79 Å². The molecule has 0 aliphatic rings. The van der Waals surface area contributed by atoms with Crippen LogP contribution < -0.4 is 16.4 Å². The number of carbonyl (C=O) groups excluding carboxylic acids is 2. The van der Waals surface area contributed by atoms with E-state index in [-0.39, 0.29) is 11.3 Å². The molecule has 3 amide bonds. The van der Waals surface area contributed by atoms with Gasteiger partial charge in [0.1, 0.15) is 0 Å². The molecule has 0 spiro atoms. The first kappa shape index (κ1) is 19.6. The van der Waals surface area contributed by atoms with Gasteiger partial charge in [0.2, 0.25) is 5.91 Å². The second kappa shape index (κ2) is 8.99. The van der Waals surface area contributed by atoms with Crippen LogP contribution >= 0.6 is 23.2 Å². The molecule has 7 heteroatoms. The Bertz CT molecular complexity index is 542. The topological polar surface area (TPSA) is 84.2 Å². The van der Waals surface area contributed by atoms with Gasteiger partial charge < -0.3 is 16.4 Å². The van der Waals surface area contributed by atoms with Gasteiger partial charge >= 0.3 is 6.03 Å². The molecule has 0 saturated carbocycles. The standard InChI is InChI=1S/C16H23Cl2N3O2/c1-16(2,14-11(17)6-5-7-12(14)18)10-21-13(22)8-3-4-9-20-15(19)23/h5-7H,3-4,8-10H2,1-2H3,(H,21,22)(H3,19,20,23). The Hall–Kier alpha value is -1.46. The summed E-state index contributed by atoms with van der Waals surface area (Å²) < 4.78 is 0. The van der Waals surface area contributed by atoms with Crippen LogP contribution in [-0.2, 0) is 10.2 Å². The normalized spacial score (nSPS) is 11.1. The van der Waals surface area contributed by atoms with Crippen molar-refractivity contribution in [2.75, 3.05) is 13.1 Å². The zero-order chi connectivity index (χ0) is 17.5. The highest BCUT2D eigenvalue weighted by atomic mass is 35.5. The molecule has 0 atom stereocenters. The average molecular weight is 360 g/mol. The van der Waals surface area contributed by atoms with Crippen LogP contribution in [0.2, 0.25) is 10.0 Å². The molecule has 0 heterocycles. The summed E-state index contributed by atoms with van der Waals surface area (Å²) in [7, 11) is 0. The summed E-state index contributed by atoms with van der Waals surface area (Å²) in [6, 6.07) is 4.83. The van der Waals surface area contributed by atoms with Crippen LogP contribution in [0.3, 0.4) is 0 Å². The van der Waals surface area contributed by atoms with E-state index in [4.69, 9.17) is 28.9 Å². The fraction of sp³-hybridized carbons (Fsp3) is 0.500. The number of nitrogens with two attached hydrogens (primary N) is 1. The minimum atomic E-state index is -0.548. The van der Waals surface area contributed by atoms with E-state index in [1.54, 1.807) is 18.2 Å². The fourth-order valence-electron chi connectivity index (χ4n) is 2.26. The van der Waals surface area contributed by atoms with Gasteiger partial charge in [0.25, 0.3) is 0 Å². The fourth-order valence-corrected chi connectivity index (χ4v) is 3.17. The lowest BCUT2D eigenvalue weighted by atomic mass is 9.84. The minimum Gasteiger partial charge on any atom is -0.355 e. The molecule has 0 aliphatic carbocycles. The number of halogens is 2. The summed E-state index contributed by atoms with van der Waals surface area (Å²) in [5.74, 6) is -0.0414.